The number of hydrogen-bond acceptors (Lipinski definition) is 10. The highest BCUT2D eigenvalue weighted by atomic mass is 79.9. The fourth-order valence-corrected chi connectivity index (χ4v) is 7.77. The van der Waals surface area contributed by atoms with Crippen LogP contribution in [-0.2, 0) is 16.4 Å². The van der Waals surface area contributed by atoms with Crippen LogP contribution >= 0.6 is 23.1 Å². The van der Waals surface area contributed by atoms with Gasteiger partial charge in [-0.05, 0) is 67.1 Å². The minimum Gasteiger partial charge on any atom is -0.488 e. The zero-order chi connectivity index (χ0) is 32.7. The second-order valence-corrected chi connectivity index (χ2v) is 16.6. The molecule has 1 saturated carbocycles. The third kappa shape index (κ3) is 6.75. The Hall–Kier alpha value is -4.28. The lowest BCUT2D eigenvalue weighted by molar-refractivity contribution is -0.111. The van der Waals surface area contributed by atoms with Crippen LogP contribution in [0.2, 0.25) is 0 Å². The minimum absolute atomic E-state index is 0.0941. The van der Waals surface area contributed by atoms with Crippen molar-refractivity contribution in [1.29, 1.82) is 0 Å². The normalized spacial score (nSPS) is 15.5. The SMILES string of the molecule is Cn1cc(-c2cc(Nc3ncc(Br)c(Nc4cnc5ccccc5c4P(C)(C)=O)n3)c(OC3CC3)cc2N2CCC(C=O)CC2)cn1. The van der Waals surface area contributed by atoms with E-state index in [0.29, 0.717) is 27.7 Å². The number of aromatic nitrogens is 5. The molecule has 0 unspecified atom stereocenters. The van der Waals surface area contributed by atoms with E-state index in [0.717, 1.165) is 83.8 Å². The van der Waals surface area contributed by atoms with Crippen LogP contribution in [0.25, 0.3) is 22.0 Å². The number of para-hydroxylation sites is 1. The predicted octanol–water partition coefficient (Wildman–Crippen LogP) is 6.88. The zero-order valence-corrected chi connectivity index (χ0v) is 29.0. The van der Waals surface area contributed by atoms with E-state index in [1.165, 1.54) is 0 Å². The largest absolute Gasteiger partial charge is 0.488 e. The van der Waals surface area contributed by atoms with Crippen molar-refractivity contribution in [2.75, 3.05) is 42.0 Å². The Morgan fingerprint density at radius 2 is 1.79 bits per heavy atom. The molecule has 1 aliphatic carbocycles. The zero-order valence-electron chi connectivity index (χ0n) is 26.5. The van der Waals surface area contributed by atoms with Gasteiger partial charge in [0.25, 0.3) is 0 Å². The second-order valence-electron chi connectivity index (χ2n) is 12.6. The van der Waals surface area contributed by atoms with E-state index < -0.39 is 7.14 Å². The number of piperidine rings is 1. The van der Waals surface area contributed by atoms with Crippen LogP contribution in [-0.4, -0.2) is 63.5 Å². The van der Waals surface area contributed by atoms with Crippen LogP contribution in [0.15, 0.2) is 65.7 Å². The predicted molar refractivity (Wildman–Crippen MR) is 190 cm³/mol. The van der Waals surface area contributed by atoms with Crippen LogP contribution < -0.4 is 25.6 Å². The summed E-state index contributed by atoms with van der Waals surface area (Å²) in [7, 11) is -0.809. The van der Waals surface area contributed by atoms with Crippen molar-refractivity contribution >= 4 is 74.4 Å². The monoisotopic (exact) mass is 714 g/mol. The molecule has 1 aliphatic heterocycles. The van der Waals surface area contributed by atoms with Crippen LogP contribution in [0, 0.1) is 5.92 Å². The van der Waals surface area contributed by atoms with E-state index in [1.807, 2.05) is 43.7 Å². The number of ether oxygens (including phenoxy) is 1. The number of pyridine rings is 1. The van der Waals surface area contributed by atoms with Crippen molar-refractivity contribution in [2.45, 2.75) is 31.8 Å². The summed E-state index contributed by atoms with van der Waals surface area (Å²) >= 11 is 3.60. The van der Waals surface area contributed by atoms with Gasteiger partial charge < -0.3 is 29.6 Å². The van der Waals surface area contributed by atoms with E-state index in [1.54, 1.807) is 30.4 Å². The first-order valence-electron chi connectivity index (χ1n) is 15.7. The molecular formula is C34H36BrN8O3P. The molecule has 242 valence electrons. The van der Waals surface area contributed by atoms with Crippen molar-refractivity contribution in [2.24, 2.45) is 13.0 Å². The number of fused-ring (bicyclic) bond motifs is 1. The molecule has 3 aromatic heterocycles. The first-order valence-corrected chi connectivity index (χ1v) is 19.1. The topological polar surface area (TPSA) is 127 Å². The molecule has 7 rings (SSSR count). The Morgan fingerprint density at radius 3 is 2.49 bits per heavy atom. The summed E-state index contributed by atoms with van der Waals surface area (Å²) in [5.41, 5.74) is 5.15. The number of carbonyl (C=O) groups excluding carboxylic acids is 1. The van der Waals surface area contributed by atoms with E-state index in [-0.39, 0.29) is 12.0 Å². The Labute approximate surface area is 281 Å². The summed E-state index contributed by atoms with van der Waals surface area (Å²) < 4.78 is 22.4. The summed E-state index contributed by atoms with van der Waals surface area (Å²) in [5.74, 6) is 1.67. The number of anilines is 5. The fraction of sp³-hybridized carbons (Fsp3) is 0.324. The molecular weight excluding hydrogens is 679 g/mol. The van der Waals surface area contributed by atoms with Gasteiger partial charge in [-0.15, -0.1) is 0 Å². The highest BCUT2D eigenvalue weighted by molar-refractivity contribution is 9.10. The number of benzene rings is 2. The van der Waals surface area contributed by atoms with E-state index in [2.05, 4.69) is 58.7 Å². The molecule has 0 spiro atoms. The standard InChI is InChI=1S/C34H36BrN8O3P/c1-42-19-22(16-38-42)25-14-28(31(46-23-8-9-23)15-30(25)43-12-10-21(20-44)11-13-43)40-34-37-17-26(35)33(41-34)39-29-18-36-27-7-5-4-6-24(27)32(29)47(2,3)45/h4-7,14-21,23H,8-13H2,1-3H3,(H2,37,39,40,41). The molecule has 47 heavy (non-hydrogen) atoms. The van der Waals surface area contributed by atoms with E-state index in [9.17, 15) is 9.36 Å². The van der Waals surface area contributed by atoms with Gasteiger partial charge >= 0.3 is 0 Å². The maximum absolute atomic E-state index is 13.5. The van der Waals surface area contributed by atoms with E-state index >= 15 is 0 Å². The highest BCUT2D eigenvalue weighted by Crippen LogP contribution is 2.44. The maximum Gasteiger partial charge on any atom is 0.229 e. The molecule has 5 aromatic rings. The third-order valence-corrected chi connectivity index (χ3v) is 10.7. The van der Waals surface area contributed by atoms with E-state index in [4.69, 9.17) is 9.72 Å². The lowest BCUT2D eigenvalue weighted by Gasteiger charge is -2.33. The van der Waals surface area contributed by atoms with Gasteiger partial charge in [0.1, 0.15) is 25.0 Å². The number of rotatable bonds is 10. The van der Waals surface area contributed by atoms with Crippen molar-refractivity contribution in [1.82, 2.24) is 24.7 Å². The number of aryl methyl sites for hydroxylation is 1. The number of halogens is 1. The third-order valence-electron chi connectivity index (χ3n) is 8.53. The maximum atomic E-state index is 13.5. The van der Waals surface area contributed by atoms with Crippen molar-refractivity contribution < 1.29 is 14.1 Å². The van der Waals surface area contributed by atoms with Gasteiger partial charge in [-0.25, -0.2) is 4.98 Å². The number of carbonyl (C=O) groups is 1. The second kappa shape index (κ2) is 12.7. The molecule has 11 nitrogen and oxygen atoms in total. The minimum atomic E-state index is -2.71. The Bertz CT molecular complexity index is 2020. The van der Waals surface area contributed by atoms with Gasteiger partial charge in [-0.1, -0.05) is 18.2 Å². The van der Waals surface area contributed by atoms with Crippen molar-refractivity contribution in [3.63, 3.8) is 0 Å². The molecule has 13 heteroatoms. The number of aldehydes is 1. The molecule has 0 amide bonds. The summed E-state index contributed by atoms with van der Waals surface area (Å²) in [4.78, 5) is 27.8. The van der Waals surface area contributed by atoms with Crippen molar-refractivity contribution in [3.05, 3.63) is 65.7 Å². The molecule has 0 atom stereocenters. The van der Waals surface area contributed by atoms with Gasteiger partial charge in [0.2, 0.25) is 5.95 Å². The van der Waals surface area contributed by atoms with Gasteiger partial charge in [0, 0.05) is 72.0 Å². The number of nitrogens with one attached hydrogen (secondary N) is 2. The summed E-state index contributed by atoms with van der Waals surface area (Å²) in [5, 5.41) is 12.8. The molecule has 0 radical (unpaired) electrons. The molecule has 2 aliphatic rings. The highest BCUT2D eigenvalue weighted by Gasteiger charge is 2.28. The Balaban J connectivity index is 1.26. The Kier molecular flexibility index (Phi) is 8.48. The number of nitrogens with zero attached hydrogens (tertiary/aromatic N) is 6. The first kappa shape index (κ1) is 31.3. The van der Waals surface area contributed by atoms with Gasteiger partial charge in [-0.3, -0.25) is 9.67 Å². The summed E-state index contributed by atoms with van der Waals surface area (Å²) in [6.07, 6.45) is 12.1. The molecule has 2 aromatic carbocycles. The lowest BCUT2D eigenvalue weighted by atomic mass is 9.96. The van der Waals surface area contributed by atoms with Crippen LogP contribution in [0.4, 0.5) is 28.8 Å². The number of hydrogen-bond donors (Lipinski definition) is 2. The van der Waals surface area contributed by atoms with Crippen LogP contribution in [0.1, 0.15) is 25.7 Å². The van der Waals surface area contributed by atoms with Gasteiger partial charge in [-0.2, -0.15) is 10.1 Å². The first-order chi connectivity index (χ1) is 22.7. The molecule has 2 fully saturated rings. The lowest BCUT2D eigenvalue weighted by Crippen LogP contribution is -2.34. The van der Waals surface area contributed by atoms with Crippen molar-refractivity contribution in [3.8, 4) is 16.9 Å². The molecule has 4 heterocycles. The smallest absolute Gasteiger partial charge is 0.229 e. The van der Waals surface area contributed by atoms with Gasteiger partial charge in [0.15, 0.2) is 0 Å². The van der Waals surface area contributed by atoms with Crippen LogP contribution in [0.3, 0.4) is 0 Å². The van der Waals surface area contributed by atoms with Gasteiger partial charge in [0.05, 0.1) is 39.9 Å². The summed E-state index contributed by atoms with van der Waals surface area (Å²) in [6.45, 7) is 5.09. The Morgan fingerprint density at radius 1 is 1.00 bits per heavy atom. The summed E-state index contributed by atoms with van der Waals surface area (Å²) in [6, 6.07) is 11.9. The molecule has 1 saturated heterocycles. The average Bonchev–Trinajstić information content (AvgIpc) is 3.78. The molecule has 0 bridgehead atoms. The molecule has 2 N–H and O–H groups in total. The quantitative estimate of drug-likeness (QED) is 0.117. The average molecular weight is 716 g/mol. The fourth-order valence-electron chi connectivity index (χ4n) is 6.02. The van der Waals surface area contributed by atoms with Crippen LogP contribution in [0.5, 0.6) is 5.75 Å².